The zero-order chi connectivity index (χ0) is 9.56. The minimum absolute atomic E-state index is 0.221. The molecule has 0 saturated heterocycles. The lowest BCUT2D eigenvalue weighted by molar-refractivity contribution is -0.130. The molecule has 0 aliphatic carbocycles. The van der Waals surface area contributed by atoms with Crippen molar-refractivity contribution in [3.05, 3.63) is 0 Å². The summed E-state index contributed by atoms with van der Waals surface area (Å²) in [6.45, 7) is 4.86. The van der Waals surface area contributed by atoms with Gasteiger partial charge in [-0.25, -0.2) is 0 Å². The molecule has 0 aromatic carbocycles. The highest BCUT2D eigenvalue weighted by Crippen LogP contribution is 1.99. The largest absolute Gasteiger partial charge is 0.346 e. The molecule has 0 fully saturated rings. The summed E-state index contributed by atoms with van der Waals surface area (Å²) in [6, 6.07) is 0.325. The second-order valence-corrected chi connectivity index (χ2v) is 3.01. The van der Waals surface area contributed by atoms with Gasteiger partial charge >= 0.3 is 0 Å². The summed E-state index contributed by atoms with van der Waals surface area (Å²) in [5.74, 6) is 0.221. The Kier molecular flexibility index (Phi) is 5.72. The molecule has 0 aromatic heterocycles. The summed E-state index contributed by atoms with van der Waals surface area (Å²) in [4.78, 5) is 13.1. The molecule has 0 bridgehead atoms. The number of carbonyl (C=O) groups is 1. The number of hydrogen-bond donors (Lipinski definition) is 1. The Balaban J connectivity index is 3.81. The molecule has 1 unspecified atom stereocenters. The van der Waals surface area contributed by atoms with Gasteiger partial charge in [0.05, 0.1) is 0 Å². The maximum Gasteiger partial charge on any atom is 0.223 e. The van der Waals surface area contributed by atoms with Crippen molar-refractivity contribution in [1.29, 1.82) is 0 Å². The second kappa shape index (κ2) is 6.00. The molecule has 1 atom stereocenters. The van der Waals surface area contributed by atoms with Crippen molar-refractivity contribution in [2.45, 2.75) is 32.7 Å². The first-order chi connectivity index (χ1) is 5.65. The van der Waals surface area contributed by atoms with Gasteiger partial charge in [-0.05, 0) is 20.4 Å². The van der Waals surface area contributed by atoms with Crippen molar-refractivity contribution in [3.63, 3.8) is 0 Å². The van der Waals surface area contributed by atoms with Crippen LogP contribution in [0.4, 0.5) is 0 Å². The van der Waals surface area contributed by atoms with Crippen LogP contribution in [-0.4, -0.2) is 37.5 Å². The third kappa shape index (κ3) is 3.72. The van der Waals surface area contributed by atoms with Gasteiger partial charge in [0, 0.05) is 26.1 Å². The SMILES string of the molecule is CCC(CC(=O)N(C)CC)NC. The summed E-state index contributed by atoms with van der Waals surface area (Å²) in [5.41, 5.74) is 0. The molecule has 0 aliphatic heterocycles. The van der Waals surface area contributed by atoms with Crippen molar-refractivity contribution in [1.82, 2.24) is 10.2 Å². The van der Waals surface area contributed by atoms with E-state index in [0.717, 1.165) is 13.0 Å². The Morgan fingerprint density at radius 2 is 2.08 bits per heavy atom. The van der Waals surface area contributed by atoms with Crippen LogP contribution in [-0.2, 0) is 4.79 Å². The minimum atomic E-state index is 0.221. The minimum Gasteiger partial charge on any atom is -0.346 e. The summed E-state index contributed by atoms with van der Waals surface area (Å²) in [6.07, 6.45) is 1.61. The van der Waals surface area contributed by atoms with Crippen molar-refractivity contribution >= 4 is 5.91 Å². The number of hydrogen-bond acceptors (Lipinski definition) is 2. The third-order valence-corrected chi connectivity index (χ3v) is 2.22. The predicted molar refractivity (Wildman–Crippen MR) is 51.1 cm³/mol. The van der Waals surface area contributed by atoms with E-state index in [2.05, 4.69) is 12.2 Å². The van der Waals surface area contributed by atoms with E-state index in [4.69, 9.17) is 0 Å². The Bertz CT molecular complexity index is 132. The summed E-state index contributed by atoms with van der Waals surface area (Å²) < 4.78 is 0. The molecular weight excluding hydrogens is 152 g/mol. The van der Waals surface area contributed by atoms with Crippen LogP contribution >= 0.6 is 0 Å². The Morgan fingerprint density at radius 3 is 2.42 bits per heavy atom. The lowest BCUT2D eigenvalue weighted by Gasteiger charge is -2.18. The predicted octanol–water partition coefficient (Wildman–Crippen LogP) is 0.853. The third-order valence-electron chi connectivity index (χ3n) is 2.22. The molecule has 0 spiro atoms. The molecule has 0 rings (SSSR count). The standard InChI is InChI=1S/C9H20N2O/c1-5-8(10-3)7-9(12)11(4)6-2/h8,10H,5-7H2,1-4H3. The van der Waals surface area contributed by atoms with Crippen LogP contribution in [0.15, 0.2) is 0 Å². The average Bonchev–Trinajstić information content (AvgIpc) is 2.12. The van der Waals surface area contributed by atoms with E-state index in [1.165, 1.54) is 0 Å². The van der Waals surface area contributed by atoms with Crippen molar-refractivity contribution < 1.29 is 4.79 Å². The van der Waals surface area contributed by atoms with Crippen LogP contribution in [0.3, 0.4) is 0 Å². The summed E-state index contributed by atoms with van der Waals surface area (Å²) in [7, 11) is 3.73. The highest BCUT2D eigenvalue weighted by molar-refractivity contribution is 5.76. The van der Waals surface area contributed by atoms with Gasteiger partial charge in [0.1, 0.15) is 0 Å². The fourth-order valence-electron chi connectivity index (χ4n) is 0.993. The maximum absolute atomic E-state index is 11.4. The quantitative estimate of drug-likeness (QED) is 0.667. The molecule has 0 aromatic rings. The van der Waals surface area contributed by atoms with E-state index >= 15 is 0 Å². The van der Waals surface area contributed by atoms with E-state index in [0.29, 0.717) is 12.5 Å². The molecule has 12 heavy (non-hydrogen) atoms. The molecule has 1 amide bonds. The van der Waals surface area contributed by atoms with E-state index in [1.807, 2.05) is 21.0 Å². The number of rotatable bonds is 5. The first-order valence-electron chi connectivity index (χ1n) is 4.56. The maximum atomic E-state index is 11.4. The van der Waals surface area contributed by atoms with E-state index in [9.17, 15) is 4.79 Å². The van der Waals surface area contributed by atoms with Gasteiger partial charge in [-0.15, -0.1) is 0 Å². The molecule has 1 N–H and O–H groups in total. The normalized spacial score (nSPS) is 12.7. The van der Waals surface area contributed by atoms with E-state index in [-0.39, 0.29) is 5.91 Å². The molecule has 0 aliphatic rings. The van der Waals surface area contributed by atoms with Gasteiger partial charge in [0.2, 0.25) is 5.91 Å². The molecule has 0 radical (unpaired) electrons. The Morgan fingerprint density at radius 1 is 1.50 bits per heavy atom. The fourth-order valence-corrected chi connectivity index (χ4v) is 0.993. The zero-order valence-electron chi connectivity index (χ0n) is 8.55. The molecular formula is C9H20N2O. The van der Waals surface area contributed by atoms with Crippen LogP contribution in [0.1, 0.15) is 26.7 Å². The van der Waals surface area contributed by atoms with Gasteiger partial charge in [-0.3, -0.25) is 4.79 Å². The number of amides is 1. The second-order valence-electron chi connectivity index (χ2n) is 3.01. The first kappa shape index (κ1) is 11.4. The van der Waals surface area contributed by atoms with Crippen molar-refractivity contribution in [3.8, 4) is 0 Å². The zero-order valence-corrected chi connectivity index (χ0v) is 8.55. The smallest absolute Gasteiger partial charge is 0.223 e. The summed E-state index contributed by atoms with van der Waals surface area (Å²) >= 11 is 0. The molecule has 3 nitrogen and oxygen atoms in total. The Hall–Kier alpha value is -0.570. The molecule has 0 saturated carbocycles. The summed E-state index contributed by atoms with van der Waals surface area (Å²) in [5, 5.41) is 3.11. The van der Waals surface area contributed by atoms with Crippen molar-refractivity contribution in [2.75, 3.05) is 20.6 Å². The van der Waals surface area contributed by atoms with Gasteiger partial charge in [0.25, 0.3) is 0 Å². The number of carbonyl (C=O) groups excluding carboxylic acids is 1. The average molecular weight is 172 g/mol. The monoisotopic (exact) mass is 172 g/mol. The topological polar surface area (TPSA) is 32.3 Å². The van der Waals surface area contributed by atoms with Crippen LogP contribution in [0.2, 0.25) is 0 Å². The van der Waals surface area contributed by atoms with Crippen LogP contribution in [0.25, 0.3) is 0 Å². The van der Waals surface area contributed by atoms with Gasteiger partial charge < -0.3 is 10.2 Å². The van der Waals surface area contributed by atoms with Crippen LogP contribution in [0, 0.1) is 0 Å². The number of nitrogens with zero attached hydrogens (tertiary/aromatic N) is 1. The van der Waals surface area contributed by atoms with Crippen molar-refractivity contribution in [2.24, 2.45) is 0 Å². The van der Waals surface area contributed by atoms with Gasteiger partial charge in [0.15, 0.2) is 0 Å². The van der Waals surface area contributed by atoms with E-state index < -0.39 is 0 Å². The van der Waals surface area contributed by atoms with Crippen LogP contribution in [0.5, 0.6) is 0 Å². The highest BCUT2D eigenvalue weighted by atomic mass is 16.2. The Labute approximate surface area is 75.1 Å². The number of nitrogens with one attached hydrogen (secondary N) is 1. The molecule has 72 valence electrons. The molecule has 0 heterocycles. The van der Waals surface area contributed by atoms with Gasteiger partial charge in [-0.2, -0.15) is 0 Å². The van der Waals surface area contributed by atoms with Crippen LogP contribution < -0.4 is 5.32 Å². The van der Waals surface area contributed by atoms with E-state index in [1.54, 1.807) is 4.90 Å². The lowest BCUT2D eigenvalue weighted by atomic mass is 10.1. The van der Waals surface area contributed by atoms with Gasteiger partial charge in [-0.1, -0.05) is 6.92 Å². The highest BCUT2D eigenvalue weighted by Gasteiger charge is 2.12. The molecule has 3 heteroatoms. The lowest BCUT2D eigenvalue weighted by Crippen LogP contribution is -2.34. The fraction of sp³-hybridized carbons (Fsp3) is 0.889. The first-order valence-corrected chi connectivity index (χ1v) is 4.56.